The van der Waals surface area contributed by atoms with Crippen molar-refractivity contribution < 1.29 is 9.47 Å². The number of hydrogen-bond donors (Lipinski definition) is 0. The van der Waals surface area contributed by atoms with E-state index in [2.05, 4.69) is 4.98 Å². The van der Waals surface area contributed by atoms with E-state index < -0.39 is 0 Å². The van der Waals surface area contributed by atoms with Crippen LogP contribution in [0.2, 0.25) is 0 Å². The van der Waals surface area contributed by atoms with Gasteiger partial charge in [0.15, 0.2) is 0 Å². The van der Waals surface area contributed by atoms with Gasteiger partial charge in [-0.25, -0.2) is 4.98 Å². The van der Waals surface area contributed by atoms with Crippen molar-refractivity contribution in [2.75, 3.05) is 6.26 Å². The Hall–Kier alpha value is -0.900. The van der Waals surface area contributed by atoms with Crippen molar-refractivity contribution in [2.24, 2.45) is 0 Å². The summed E-state index contributed by atoms with van der Waals surface area (Å²) in [5.41, 5.74) is -0.226. The number of hydrogen-bond acceptors (Lipinski definition) is 4. The average Bonchev–Trinajstić information content (AvgIpc) is 3.02. The molecule has 94 valence electrons. The van der Waals surface area contributed by atoms with Gasteiger partial charge in [0.05, 0.1) is 17.2 Å². The highest BCUT2D eigenvalue weighted by atomic mass is 32.2. The third kappa shape index (κ3) is 3.80. The van der Waals surface area contributed by atoms with Crippen LogP contribution in [0.1, 0.15) is 33.6 Å². The number of aromatic nitrogens is 1. The average molecular weight is 253 g/mol. The van der Waals surface area contributed by atoms with E-state index in [-0.39, 0.29) is 5.60 Å². The van der Waals surface area contributed by atoms with Gasteiger partial charge in [0.2, 0.25) is 5.88 Å². The number of ether oxygens (including phenoxy) is 2. The van der Waals surface area contributed by atoms with E-state index >= 15 is 0 Å². The molecule has 1 aliphatic carbocycles. The molecule has 0 saturated heterocycles. The van der Waals surface area contributed by atoms with E-state index in [1.54, 1.807) is 18.0 Å². The van der Waals surface area contributed by atoms with Crippen molar-refractivity contribution in [3.05, 3.63) is 12.3 Å². The fraction of sp³-hybridized carbons (Fsp3) is 0.615. The number of nitrogens with zero attached hydrogens (tertiary/aromatic N) is 1. The predicted octanol–water partition coefficient (Wildman–Crippen LogP) is 3.52. The van der Waals surface area contributed by atoms with Gasteiger partial charge in [-0.3, -0.25) is 0 Å². The summed E-state index contributed by atoms with van der Waals surface area (Å²) in [7, 11) is 0. The second-order valence-electron chi connectivity index (χ2n) is 5.21. The predicted molar refractivity (Wildman–Crippen MR) is 70.0 cm³/mol. The SMILES string of the molecule is CSc1cc(OC2CC2)cnc1OC(C)(C)C. The van der Waals surface area contributed by atoms with Crippen LogP contribution in [0.3, 0.4) is 0 Å². The van der Waals surface area contributed by atoms with Crippen LogP contribution in [0.5, 0.6) is 11.6 Å². The Bertz CT molecular complexity index is 397. The maximum Gasteiger partial charge on any atom is 0.228 e. The lowest BCUT2D eigenvalue weighted by Crippen LogP contribution is -2.23. The Balaban J connectivity index is 2.15. The summed E-state index contributed by atoms with van der Waals surface area (Å²) in [4.78, 5) is 5.37. The van der Waals surface area contributed by atoms with Gasteiger partial charge in [0.25, 0.3) is 0 Å². The van der Waals surface area contributed by atoms with Crippen LogP contribution in [0.25, 0.3) is 0 Å². The highest BCUT2D eigenvalue weighted by Crippen LogP contribution is 2.33. The van der Waals surface area contributed by atoms with Gasteiger partial charge >= 0.3 is 0 Å². The molecular formula is C13H19NO2S. The zero-order valence-electron chi connectivity index (χ0n) is 10.8. The lowest BCUT2D eigenvalue weighted by Gasteiger charge is -2.22. The largest absolute Gasteiger partial charge is 0.489 e. The third-order valence-electron chi connectivity index (χ3n) is 2.24. The molecule has 1 aromatic rings. The first-order chi connectivity index (χ1) is 7.98. The van der Waals surface area contributed by atoms with Crippen LogP contribution in [0.4, 0.5) is 0 Å². The lowest BCUT2D eigenvalue weighted by molar-refractivity contribution is 0.119. The van der Waals surface area contributed by atoms with Crippen LogP contribution >= 0.6 is 11.8 Å². The molecule has 3 nitrogen and oxygen atoms in total. The molecule has 0 amide bonds. The lowest BCUT2D eigenvalue weighted by atomic mass is 10.2. The fourth-order valence-electron chi connectivity index (χ4n) is 1.37. The van der Waals surface area contributed by atoms with E-state index in [0.717, 1.165) is 23.5 Å². The van der Waals surface area contributed by atoms with Crippen LogP contribution in [0.15, 0.2) is 17.2 Å². The molecule has 0 unspecified atom stereocenters. The van der Waals surface area contributed by atoms with E-state index in [1.807, 2.05) is 33.1 Å². The summed E-state index contributed by atoms with van der Waals surface area (Å²) in [6, 6.07) is 2.01. The first kappa shape index (κ1) is 12.6. The van der Waals surface area contributed by atoms with Crippen molar-refractivity contribution in [1.29, 1.82) is 0 Å². The maximum absolute atomic E-state index is 5.81. The Labute approximate surface area is 107 Å². The second-order valence-corrected chi connectivity index (χ2v) is 6.06. The topological polar surface area (TPSA) is 31.4 Å². The fourth-order valence-corrected chi connectivity index (χ4v) is 1.87. The molecule has 0 aliphatic heterocycles. The minimum atomic E-state index is -0.226. The van der Waals surface area contributed by atoms with Gasteiger partial charge < -0.3 is 9.47 Å². The Morgan fingerprint density at radius 1 is 1.35 bits per heavy atom. The Morgan fingerprint density at radius 3 is 2.59 bits per heavy atom. The number of thioether (sulfide) groups is 1. The maximum atomic E-state index is 5.81. The van der Waals surface area contributed by atoms with Gasteiger partial charge in [0.1, 0.15) is 11.4 Å². The van der Waals surface area contributed by atoms with E-state index in [0.29, 0.717) is 12.0 Å². The Kier molecular flexibility index (Phi) is 3.52. The summed E-state index contributed by atoms with van der Waals surface area (Å²) in [5, 5.41) is 0. The molecule has 1 aromatic heterocycles. The zero-order valence-corrected chi connectivity index (χ0v) is 11.6. The molecule has 0 spiro atoms. The summed E-state index contributed by atoms with van der Waals surface area (Å²) >= 11 is 1.63. The summed E-state index contributed by atoms with van der Waals surface area (Å²) in [6.07, 6.45) is 6.50. The second kappa shape index (κ2) is 4.77. The molecule has 4 heteroatoms. The molecule has 1 fully saturated rings. The quantitative estimate of drug-likeness (QED) is 0.768. The first-order valence-electron chi connectivity index (χ1n) is 5.87. The number of pyridine rings is 1. The highest BCUT2D eigenvalue weighted by Gasteiger charge is 2.24. The molecule has 1 heterocycles. The molecule has 1 saturated carbocycles. The summed E-state index contributed by atoms with van der Waals surface area (Å²) < 4.78 is 11.5. The van der Waals surface area contributed by atoms with Crippen molar-refractivity contribution >= 4 is 11.8 Å². The van der Waals surface area contributed by atoms with E-state index in [9.17, 15) is 0 Å². The molecular weight excluding hydrogens is 234 g/mol. The minimum Gasteiger partial charge on any atom is -0.489 e. The first-order valence-corrected chi connectivity index (χ1v) is 7.10. The van der Waals surface area contributed by atoms with E-state index in [4.69, 9.17) is 9.47 Å². The summed E-state index contributed by atoms with van der Waals surface area (Å²) in [6.45, 7) is 6.06. The van der Waals surface area contributed by atoms with Crippen LogP contribution in [-0.4, -0.2) is 22.9 Å². The molecule has 2 rings (SSSR count). The monoisotopic (exact) mass is 253 g/mol. The molecule has 0 N–H and O–H groups in total. The molecule has 0 bridgehead atoms. The standard InChI is InChI=1S/C13H19NO2S/c1-13(2,3)16-12-11(17-4)7-10(8-14-12)15-9-5-6-9/h7-9H,5-6H2,1-4H3. The zero-order chi connectivity index (χ0) is 12.5. The van der Waals surface area contributed by atoms with Gasteiger partial charge in [-0.1, -0.05) is 0 Å². The van der Waals surface area contributed by atoms with Gasteiger partial charge in [-0.15, -0.1) is 11.8 Å². The summed E-state index contributed by atoms with van der Waals surface area (Å²) in [5.74, 6) is 1.53. The van der Waals surface area contributed by atoms with Crippen LogP contribution in [-0.2, 0) is 0 Å². The van der Waals surface area contributed by atoms with Crippen molar-refractivity contribution in [3.8, 4) is 11.6 Å². The number of rotatable bonds is 4. The van der Waals surface area contributed by atoms with Crippen LogP contribution in [0, 0.1) is 0 Å². The van der Waals surface area contributed by atoms with E-state index in [1.165, 1.54) is 0 Å². The van der Waals surface area contributed by atoms with Gasteiger partial charge in [0, 0.05) is 6.07 Å². The molecule has 1 aliphatic rings. The van der Waals surface area contributed by atoms with Gasteiger partial charge in [-0.2, -0.15) is 0 Å². The molecule has 17 heavy (non-hydrogen) atoms. The van der Waals surface area contributed by atoms with Crippen LogP contribution < -0.4 is 9.47 Å². The molecule has 0 atom stereocenters. The Morgan fingerprint density at radius 2 is 2.06 bits per heavy atom. The van der Waals surface area contributed by atoms with Crippen molar-refractivity contribution in [2.45, 2.75) is 50.2 Å². The minimum absolute atomic E-state index is 0.226. The van der Waals surface area contributed by atoms with Crippen molar-refractivity contribution in [3.63, 3.8) is 0 Å². The molecule has 0 radical (unpaired) electrons. The smallest absolute Gasteiger partial charge is 0.228 e. The van der Waals surface area contributed by atoms with Crippen molar-refractivity contribution in [1.82, 2.24) is 4.98 Å². The normalized spacial score (nSPS) is 15.8. The molecule has 0 aromatic carbocycles. The highest BCUT2D eigenvalue weighted by molar-refractivity contribution is 7.98. The van der Waals surface area contributed by atoms with Gasteiger partial charge in [-0.05, 0) is 39.9 Å². The third-order valence-corrected chi connectivity index (χ3v) is 2.98.